The summed E-state index contributed by atoms with van der Waals surface area (Å²) in [5.74, 6) is 0.627. The number of rotatable bonds is 7. The molecule has 0 unspecified atom stereocenters. The van der Waals surface area contributed by atoms with Gasteiger partial charge < -0.3 is 10.1 Å². The van der Waals surface area contributed by atoms with Gasteiger partial charge in [0.1, 0.15) is 18.2 Å². The van der Waals surface area contributed by atoms with Crippen molar-refractivity contribution < 1.29 is 9.13 Å². The highest BCUT2D eigenvalue weighted by atomic mass is 19.1. The second-order valence-corrected chi connectivity index (χ2v) is 5.45. The van der Waals surface area contributed by atoms with E-state index in [4.69, 9.17) is 4.74 Å². The molecule has 0 aliphatic rings. The Morgan fingerprint density at radius 3 is 2.46 bits per heavy atom. The Morgan fingerprint density at radius 2 is 1.67 bits per heavy atom. The summed E-state index contributed by atoms with van der Waals surface area (Å²) in [7, 11) is 0. The van der Waals surface area contributed by atoms with Gasteiger partial charge in [-0.2, -0.15) is 0 Å². The highest BCUT2D eigenvalue weighted by Crippen LogP contribution is 2.19. The lowest BCUT2D eigenvalue weighted by atomic mass is 10.2. The van der Waals surface area contributed by atoms with Crippen LogP contribution < -0.4 is 10.1 Å². The van der Waals surface area contributed by atoms with Crippen LogP contribution in [0.3, 0.4) is 0 Å². The van der Waals surface area contributed by atoms with Crippen molar-refractivity contribution in [3.05, 3.63) is 95.6 Å². The lowest BCUT2D eigenvalue weighted by Crippen LogP contribution is -2.13. The molecule has 0 fully saturated rings. The molecule has 3 rings (SSSR count). The van der Waals surface area contributed by atoms with Crippen LogP contribution in [0.25, 0.3) is 0 Å². The summed E-state index contributed by atoms with van der Waals surface area (Å²) < 4.78 is 18.8. The summed E-state index contributed by atoms with van der Waals surface area (Å²) in [5, 5.41) is 3.36. The summed E-state index contributed by atoms with van der Waals surface area (Å²) in [6.45, 7) is 1.79. The number of aromatic nitrogens is 1. The average molecular weight is 322 g/mol. The zero-order valence-electron chi connectivity index (χ0n) is 13.3. The van der Waals surface area contributed by atoms with Crippen LogP contribution in [0.4, 0.5) is 4.39 Å². The van der Waals surface area contributed by atoms with Crippen molar-refractivity contribution in [1.29, 1.82) is 0 Å². The lowest BCUT2D eigenvalue weighted by Gasteiger charge is -2.12. The van der Waals surface area contributed by atoms with Crippen molar-refractivity contribution in [2.45, 2.75) is 19.7 Å². The fourth-order valence-corrected chi connectivity index (χ4v) is 2.37. The van der Waals surface area contributed by atoms with Crippen molar-refractivity contribution in [2.24, 2.45) is 0 Å². The summed E-state index contributed by atoms with van der Waals surface area (Å²) in [6.07, 6.45) is 1.76. The fraction of sp³-hybridized carbons (Fsp3) is 0.150. The molecule has 0 aliphatic carbocycles. The molecule has 1 heterocycles. The molecule has 4 heteroatoms. The van der Waals surface area contributed by atoms with Crippen LogP contribution in [0.15, 0.2) is 72.9 Å². The third kappa shape index (κ3) is 4.64. The number of halogens is 1. The van der Waals surface area contributed by atoms with Gasteiger partial charge in [0.15, 0.2) is 0 Å². The van der Waals surface area contributed by atoms with Crippen LogP contribution >= 0.6 is 0 Å². The minimum atomic E-state index is -0.216. The maximum Gasteiger partial charge on any atom is 0.130 e. The van der Waals surface area contributed by atoms with E-state index in [1.54, 1.807) is 18.3 Å². The minimum absolute atomic E-state index is 0.216. The number of hydrogen-bond donors (Lipinski definition) is 1. The van der Waals surface area contributed by atoms with E-state index in [-0.39, 0.29) is 5.82 Å². The van der Waals surface area contributed by atoms with Gasteiger partial charge in [0.05, 0.1) is 5.69 Å². The SMILES string of the molecule is Fc1ccc(CNCc2ccccc2OCc2ccccn2)cc1. The first kappa shape index (κ1) is 16.1. The first-order valence-corrected chi connectivity index (χ1v) is 7.87. The molecule has 3 nitrogen and oxygen atoms in total. The lowest BCUT2D eigenvalue weighted by molar-refractivity contribution is 0.297. The van der Waals surface area contributed by atoms with E-state index in [1.165, 1.54) is 12.1 Å². The van der Waals surface area contributed by atoms with E-state index in [9.17, 15) is 4.39 Å². The van der Waals surface area contributed by atoms with E-state index in [0.29, 0.717) is 19.7 Å². The minimum Gasteiger partial charge on any atom is -0.487 e. The Labute approximate surface area is 141 Å². The third-order valence-electron chi connectivity index (χ3n) is 3.63. The molecular formula is C20H19FN2O. The molecule has 0 amide bonds. The Kier molecular flexibility index (Phi) is 5.53. The predicted molar refractivity (Wildman–Crippen MR) is 92.0 cm³/mol. The van der Waals surface area contributed by atoms with Crippen molar-refractivity contribution in [2.75, 3.05) is 0 Å². The van der Waals surface area contributed by atoms with Gasteiger partial charge in [0.2, 0.25) is 0 Å². The Bertz CT molecular complexity index is 760. The standard InChI is InChI=1S/C20H19FN2O/c21-18-10-8-16(9-11-18)13-22-14-17-5-1-2-7-20(17)24-15-19-6-3-4-12-23-19/h1-12,22H,13-15H2. The number of pyridine rings is 1. The van der Waals surface area contributed by atoms with Gasteiger partial charge in [-0.25, -0.2) is 4.39 Å². The molecule has 0 bridgehead atoms. The van der Waals surface area contributed by atoms with E-state index in [1.807, 2.05) is 42.5 Å². The van der Waals surface area contributed by atoms with Crippen molar-refractivity contribution in [1.82, 2.24) is 10.3 Å². The predicted octanol–water partition coefficient (Wildman–Crippen LogP) is 4.09. The molecule has 1 N–H and O–H groups in total. The molecule has 3 aromatic rings. The quantitative estimate of drug-likeness (QED) is 0.711. The Hall–Kier alpha value is -2.72. The number of nitrogens with one attached hydrogen (secondary N) is 1. The van der Waals surface area contributed by atoms with Crippen LogP contribution in [0.2, 0.25) is 0 Å². The molecule has 0 radical (unpaired) electrons. The first-order valence-electron chi connectivity index (χ1n) is 7.87. The van der Waals surface area contributed by atoms with Crippen LogP contribution in [0.5, 0.6) is 5.75 Å². The highest BCUT2D eigenvalue weighted by Gasteiger charge is 2.04. The average Bonchev–Trinajstić information content (AvgIpc) is 2.63. The molecule has 122 valence electrons. The molecule has 0 saturated carbocycles. The molecule has 0 atom stereocenters. The molecule has 1 aromatic heterocycles. The fourth-order valence-electron chi connectivity index (χ4n) is 2.37. The van der Waals surface area contributed by atoms with Gasteiger partial charge in [0, 0.05) is 24.8 Å². The number of hydrogen-bond acceptors (Lipinski definition) is 3. The summed E-state index contributed by atoms with van der Waals surface area (Å²) >= 11 is 0. The highest BCUT2D eigenvalue weighted by molar-refractivity contribution is 5.33. The van der Waals surface area contributed by atoms with Crippen molar-refractivity contribution in [3.63, 3.8) is 0 Å². The normalized spacial score (nSPS) is 10.5. The molecule has 0 spiro atoms. The molecule has 0 aliphatic heterocycles. The number of ether oxygens (including phenoxy) is 1. The smallest absolute Gasteiger partial charge is 0.130 e. The van der Waals surface area contributed by atoms with E-state index in [2.05, 4.69) is 10.3 Å². The number of benzene rings is 2. The van der Waals surface area contributed by atoms with Gasteiger partial charge in [-0.1, -0.05) is 36.4 Å². The van der Waals surface area contributed by atoms with Crippen LogP contribution in [0.1, 0.15) is 16.8 Å². The van der Waals surface area contributed by atoms with Crippen LogP contribution in [-0.2, 0) is 19.7 Å². The summed E-state index contributed by atoms with van der Waals surface area (Å²) in [4.78, 5) is 4.26. The van der Waals surface area contributed by atoms with Gasteiger partial charge in [-0.15, -0.1) is 0 Å². The second kappa shape index (κ2) is 8.22. The Balaban J connectivity index is 1.56. The Morgan fingerprint density at radius 1 is 0.875 bits per heavy atom. The largest absolute Gasteiger partial charge is 0.487 e. The van der Waals surface area contributed by atoms with Crippen molar-refractivity contribution >= 4 is 0 Å². The van der Waals surface area contributed by atoms with Gasteiger partial charge in [-0.3, -0.25) is 4.98 Å². The van der Waals surface area contributed by atoms with Gasteiger partial charge >= 0.3 is 0 Å². The van der Waals surface area contributed by atoms with Crippen molar-refractivity contribution in [3.8, 4) is 5.75 Å². The van der Waals surface area contributed by atoms with Crippen LogP contribution in [-0.4, -0.2) is 4.98 Å². The maximum atomic E-state index is 12.9. The second-order valence-electron chi connectivity index (χ2n) is 5.45. The molecule has 0 saturated heterocycles. The number of nitrogens with zero attached hydrogens (tertiary/aromatic N) is 1. The first-order chi connectivity index (χ1) is 11.8. The number of para-hydroxylation sites is 1. The topological polar surface area (TPSA) is 34.1 Å². The summed E-state index contributed by atoms with van der Waals surface area (Å²) in [6, 6.07) is 20.2. The monoisotopic (exact) mass is 322 g/mol. The van der Waals surface area contributed by atoms with Crippen LogP contribution in [0, 0.1) is 5.82 Å². The van der Waals surface area contributed by atoms with Gasteiger partial charge in [0.25, 0.3) is 0 Å². The molecule has 2 aromatic carbocycles. The zero-order valence-corrected chi connectivity index (χ0v) is 13.3. The van der Waals surface area contributed by atoms with E-state index >= 15 is 0 Å². The van der Waals surface area contributed by atoms with Gasteiger partial charge in [-0.05, 0) is 35.9 Å². The molecule has 24 heavy (non-hydrogen) atoms. The maximum absolute atomic E-state index is 12.9. The zero-order chi connectivity index (χ0) is 16.6. The molecular weight excluding hydrogens is 303 g/mol. The summed E-state index contributed by atoms with van der Waals surface area (Å²) in [5.41, 5.74) is 3.02. The van der Waals surface area contributed by atoms with E-state index in [0.717, 1.165) is 22.6 Å². The third-order valence-corrected chi connectivity index (χ3v) is 3.63. The van der Waals surface area contributed by atoms with E-state index < -0.39 is 0 Å².